The van der Waals surface area contributed by atoms with Crippen molar-refractivity contribution in [3.8, 4) is 12.1 Å². The minimum Gasteiger partial charge on any atom is -0.447 e. The summed E-state index contributed by atoms with van der Waals surface area (Å²) in [6, 6.07) is 4.10. The molecule has 1 N–H and O–H groups in total. The summed E-state index contributed by atoms with van der Waals surface area (Å²) >= 11 is 0. The number of ether oxygens (including phenoxy) is 1. The van der Waals surface area contributed by atoms with Crippen molar-refractivity contribution in [2.24, 2.45) is 22.1 Å². The van der Waals surface area contributed by atoms with Gasteiger partial charge >= 0.3 is 12.3 Å². The Balaban J connectivity index is 0. The Bertz CT molecular complexity index is 459. The van der Waals surface area contributed by atoms with Gasteiger partial charge in [-0.05, 0) is 27.2 Å². The summed E-state index contributed by atoms with van der Waals surface area (Å²) in [5.41, 5.74) is 0. The zero-order chi connectivity index (χ0) is 19.0. The van der Waals surface area contributed by atoms with Gasteiger partial charge in [-0.25, -0.2) is 9.68 Å². The third kappa shape index (κ3) is 17.2. The topological polar surface area (TPSA) is 154 Å². The molecule has 3 atom stereocenters. The third-order valence-corrected chi connectivity index (χ3v) is 2.31. The fourth-order valence-corrected chi connectivity index (χ4v) is 0.779. The van der Waals surface area contributed by atoms with Crippen LogP contribution in [0.15, 0.2) is 10.2 Å². The largest absolute Gasteiger partial charge is 0.550 e. The molecule has 0 aromatic heterocycles. The lowest BCUT2D eigenvalue weighted by molar-refractivity contribution is -0.216. The van der Waals surface area contributed by atoms with E-state index in [2.05, 4.69) is 24.7 Å². The summed E-state index contributed by atoms with van der Waals surface area (Å²) < 4.78 is 4.50. The van der Waals surface area contributed by atoms with E-state index in [0.717, 1.165) is 0 Å². The van der Waals surface area contributed by atoms with Crippen molar-refractivity contribution in [1.29, 1.82) is 10.5 Å². The zero-order valence-electron chi connectivity index (χ0n) is 14.1. The predicted molar refractivity (Wildman–Crippen MR) is 80.6 cm³/mol. The van der Waals surface area contributed by atoms with Gasteiger partial charge in [0.05, 0.1) is 37.1 Å². The van der Waals surface area contributed by atoms with Crippen LogP contribution in [0, 0.1) is 34.5 Å². The first-order valence-corrected chi connectivity index (χ1v) is 7.17. The van der Waals surface area contributed by atoms with Gasteiger partial charge in [0, 0.05) is 0 Å². The van der Waals surface area contributed by atoms with Gasteiger partial charge in [-0.3, -0.25) is 0 Å². The highest BCUT2D eigenvalue weighted by Crippen LogP contribution is 1.98. The number of azo groups is 1. The van der Waals surface area contributed by atoms with Gasteiger partial charge in [0.15, 0.2) is 0 Å². The molecule has 0 aliphatic rings. The molecule has 0 aliphatic carbocycles. The SMILES string of the molecule is CC(C#N)CN=NCC(C)C#N.CCC(C)OC(=O)OOC(=O)O. The fourth-order valence-electron chi connectivity index (χ4n) is 0.779. The van der Waals surface area contributed by atoms with Crippen LogP contribution in [0.25, 0.3) is 0 Å². The first kappa shape index (κ1) is 23.4. The summed E-state index contributed by atoms with van der Waals surface area (Å²) in [7, 11) is 0. The Hall–Kier alpha value is -2.88. The van der Waals surface area contributed by atoms with E-state index in [0.29, 0.717) is 19.5 Å². The molecule has 0 bridgehead atoms. The van der Waals surface area contributed by atoms with Gasteiger partial charge in [0.2, 0.25) is 0 Å². The first-order valence-electron chi connectivity index (χ1n) is 7.17. The Morgan fingerprint density at radius 3 is 1.83 bits per heavy atom. The molecule has 0 aromatic carbocycles. The van der Waals surface area contributed by atoms with Gasteiger partial charge in [0.1, 0.15) is 6.10 Å². The second kappa shape index (κ2) is 15.0. The maximum atomic E-state index is 10.5. The summed E-state index contributed by atoms with van der Waals surface area (Å²) in [4.78, 5) is 27.4. The molecule has 10 nitrogen and oxygen atoms in total. The molecule has 10 heteroatoms. The minimum absolute atomic E-state index is 0.0915. The number of hydrogen-bond acceptors (Lipinski definition) is 9. The molecule has 0 radical (unpaired) electrons. The highest BCUT2D eigenvalue weighted by molar-refractivity contribution is 5.62. The van der Waals surface area contributed by atoms with Crippen LogP contribution in [0.4, 0.5) is 9.59 Å². The first-order chi connectivity index (χ1) is 11.3. The van der Waals surface area contributed by atoms with Crippen LogP contribution in [0.1, 0.15) is 34.1 Å². The zero-order valence-corrected chi connectivity index (χ0v) is 14.1. The maximum Gasteiger partial charge on any atom is 0.550 e. The van der Waals surface area contributed by atoms with Gasteiger partial charge in [-0.15, -0.1) is 0 Å². The van der Waals surface area contributed by atoms with Gasteiger partial charge in [0.25, 0.3) is 0 Å². The van der Waals surface area contributed by atoms with Crippen molar-refractivity contribution in [3.05, 3.63) is 0 Å². The highest BCUT2D eigenvalue weighted by Gasteiger charge is 2.12. The van der Waals surface area contributed by atoms with Crippen LogP contribution in [0.2, 0.25) is 0 Å². The molecular formula is C14H22N4O6. The van der Waals surface area contributed by atoms with E-state index in [1.165, 1.54) is 0 Å². The van der Waals surface area contributed by atoms with E-state index in [9.17, 15) is 9.59 Å². The van der Waals surface area contributed by atoms with Gasteiger partial charge in [-0.1, -0.05) is 6.92 Å². The number of carbonyl (C=O) groups excluding carboxylic acids is 1. The number of carbonyl (C=O) groups is 2. The van der Waals surface area contributed by atoms with Crippen molar-refractivity contribution < 1.29 is 29.2 Å². The Labute approximate surface area is 140 Å². The second-order valence-corrected chi connectivity index (χ2v) is 4.73. The number of nitrogens with zero attached hydrogens (tertiary/aromatic N) is 4. The lowest BCUT2D eigenvalue weighted by Crippen LogP contribution is -2.16. The molecule has 24 heavy (non-hydrogen) atoms. The lowest BCUT2D eigenvalue weighted by Gasteiger charge is -2.07. The molecule has 0 aliphatic heterocycles. The van der Waals surface area contributed by atoms with Crippen LogP contribution in [-0.4, -0.2) is 36.6 Å². The maximum absolute atomic E-state index is 10.5. The van der Waals surface area contributed by atoms with Crippen molar-refractivity contribution in [3.63, 3.8) is 0 Å². The summed E-state index contributed by atoms with van der Waals surface area (Å²) in [5, 5.41) is 32.2. The van der Waals surface area contributed by atoms with Crippen molar-refractivity contribution in [2.45, 2.75) is 40.2 Å². The minimum atomic E-state index is -1.70. The molecule has 0 aromatic rings. The molecule has 134 valence electrons. The standard InChI is InChI=1S/C8H12N4.C6H10O6/c1-7(3-9)5-11-12-6-8(2)4-10;1-3-4(2)10-6(9)12-11-5(7)8/h7-8H,5-6H2,1-2H3;4H,3H2,1-2H3,(H,7,8). The Morgan fingerprint density at radius 1 is 1.04 bits per heavy atom. The van der Waals surface area contributed by atoms with Crippen LogP contribution < -0.4 is 0 Å². The Morgan fingerprint density at radius 2 is 1.50 bits per heavy atom. The van der Waals surface area contributed by atoms with Gasteiger partial charge < -0.3 is 9.84 Å². The molecular weight excluding hydrogens is 320 g/mol. The van der Waals surface area contributed by atoms with E-state index in [4.69, 9.17) is 15.6 Å². The number of hydrogen-bond donors (Lipinski definition) is 1. The average molecular weight is 342 g/mol. The molecule has 0 amide bonds. The number of rotatable bonds is 6. The van der Waals surface area contributed by atoms with Gasteiger partial charge in [-0.2, -0.15) is 30.4 Å². The molecule has 0 saturated carbocycles. The van der Waals surface area contributed by atoms with Crippen molar-refractivity contribution >= 4 is 12.3 Å². The van der Waals surface area contributed by atoms with Crippen LogP contribution in [0.5, 0.6) is 0 Å². The fraction of sp³-hybridized carbons (Fsp3) is 0.714. The van der Waals surface area contributed by atoms with E-state index in [1.807, 2.05) is 12.1 Å². The van der Waals surface area contributed by atoms with Crippen molar-refractivity contribution in [2.75, 3.05) is 13.1 Å². The molecule has 0 heterocycles. The summed E-state index contributed by atoms with van der Waals surface area (Å²) in [5.74, 6) is -0.183. The summed E-state index contributed by atoms with van der Waals surface area (Å²) in [6.07, 6.45) is -2.57. The average Bonchev–Trinajstić information content (AvgIpc) is 2.56. The Kier molecular flexibility index (Phi) is 14.6. The normalized spacial score (nSPS) is 13.2. The van der Waals surface area contributed by atoms with Crippen molar-refractivity contribution in [1.82, 2.24) is 0 Å². The quantitative estimate of drug-likeness (QED) is 0.333. The van der Waals surface area contributed by atoms with E-state index in [-0.39, 0.29) is 17.9 Å². The summed E-state index contributed by atoms with van der Waals surface area (Å²) in [6.45, 7) is 7.86. The molecule has 0 rings (SSSR count). The number of carboxylic acid groups (broad SMARTS) is 1. The smallest absolute Gasteiger partial charge is 0.447 e. The van der Waals surface area contributed by atoms with Crippen LogP contribution in [-0.2, 0) is 14.5 Å². The molecule has 0 fully saturated rings. The van der Waals surface area contributed by atoms with Crippen LogP contribution in [0.3, 0.4) is 0 Å². The molecule has 3 unspecified atom stereocenters. The molecule has 0 saturated heterocycles. The lowest BCUT2D eigenvalue weighted by atomic mass is 10.2. The second-order valence-electron chi connectivity index (χ2n) is 4.73. The number of nitriles is 2. The highest BCUT2D eigenvalue weighted by atomic mass is 17.3. The van der Waals surface area contributed by atoms with E-state index < -0.39 is 12.3 Å². The monoisotopic (exact) mass is 342 g/mol. The molecule has 0 spiro atoms. The van der Waals surface area contributed by atoms with E-state index in [1.54, 1.807) is 27.7 Å². The van der Waals surface area contributed by atoms with E-state index >= 15 is 0 Å². The van der Waals surface area contributed by atoms with Crippen LogP contribution >= 0.6 is 0 Å². The predicted octanol–water partition coefficient (Wildman–Crippen LogP) is 3.31. The third-order valence-electron chi connectivity index (χ3n) is 2.31.